The number of pyridine rings is 1. The molecule has 1 aromatic rings. The number of aryl methyl sites for hydroxylation is 1. The molecule has 22 heavy (non-hydrogen) atoms. The number of hydrogen-bond acceptors (Lipinski definition) is 5. The fourth-order valence-electron chi connectivity index (χ4n) is 2.81. The van der Waals surface area contributed by atoms with Gasteiger partial charge < -0.3 is 18.9 Å². The van der Waals surface area contributed by atoms with Gasteiger partial charge in [-0.25, -0.2) is 4.98 Å². The molecule has 0 bridgehead atoms. The molecule has 2 fully saturated rings. The van der Waals surface area contributed by atoms with Crippen molar-refractivity contribution in [2.75, 3.05) is 24.7 Å². The van der Waals surface area contributed by atoms with Crippen LogP contribution in [0.3, 0.4) is 0 Å². The highest BCUT2D eigenvalue weighted by atomic mass is 16.7. The molecule has 1 unspecified atom stereocenters. The third-order valence-corrected chi connectivity index (χ3v) is 4.94. The van der Waals surface area contributed by atoms with Crippen LogP contribution in [0.5, 0.6) is 0 Å². The highest BCUT2D eigenvalue weighted by Gasteiger charge is 2.55. The van der Waals surface area contributed by atoms with E-state index >= 15 is 0 Å². The molecule has 0 spiro atoms. The first-order valence-electron chi connectivity index (χ1n) is 7.93. The van der Waals surface area contributed by atoms with Crippen molar-refractivity contribution in [1.82, 2.24) is 4.98 Å². The van der Waals surface area contributed by atoms with Crippen molar-refractivity contribution in [3.8, 4) is 0 Å². The molecule has 1 atom stereocenters. The Balaban J connectivity index is 1.83. The Hall–Kier alpha value is -1.11. The van der Waals surface area contributed by atoms with Gasteiger partial charge in [-0.1, -0.05) is 6.07 Å². The van der Waals surface area contributed by atoms with Crippen LogP contribution >= 0.6 is 0 Å². The van der Waals surface area contributed by atoms with E-state index < -0.39 is 0 Å². The van der Waals surface area contributed by atoms with Crippen molar-refractivity contribution in [2.24, 2.45) is 0 Å². The first-order valence-corrected chi connectivity index (χ1v) is 7.93. The summed E-state index contributed by atoms with van der Waals surface area (Å²) < 4.78 is 18.1. The summed E-state index contributed by atoms with van der Waals surface area (Å²) in [6, 6.07) is 4.14. The van der Waals surface area contributed by atoms with E-state index in [-0.39, 0.29) is 24.3 Å². The Bertz CT molecular complexity index is 517. The van der Waals surface area contributed by atoms with Crippen LogP contribution in [0.15, 0.2) is 18.3 Å². The van der Waals surface area contributed by atoms with Crippen LogP contribution in [0.2, 0.25) is 0 Å². The van der Waals surface area contributed by atoms with E-state index in [1.807, 2.05) is 13.1 Å². The van der Waals surface area contributed by atoms with E-state index in [0.717, 1.165) is 17.9 Å². The lowest BCUT2D eigenvalue weighted by Crippen LogP contribution is -2.55. The molecular formula is C16H25BN2O3. The van der Waals surface area contributed by atoms with Gasteiger partial charge in [0.05, 0.1) is 30.4 Å². The maximum absolute atomic E-state index is 6.21. The van der Waals surface area contributed by atoms with Gasteiger partial charge in [-0.2, -0.15) is 0 Å². The predicted molar refractivity (Wildman–Crippen MR) is 87.0 cm³/mol. The Morgan fingerprint density at radius 3 is 2.45 bits per heavy atom. The van der Waals surface area contributed by atoms with Gasteiger partial charge in [-0.05, 0) is 46.2 Å². The van der Waals surface area contributed by atoms with Crippen molar-refractivity contribution < 1.29 is 14.0 Å². The number of rotatable bonds is 2. The minimum atomic E-state index is -0.332. The zero-order valence-electron chi connectivity index (χ0n) is 14.1. The lowest BCUT2D eigenvalue weighted by atomic mass is 9.77. The minimum absolute atomic E-state index is 0.0185. The van der Waals surface area contributed by atoms with Crippen LogP contribution < -0.4 is 4.90 Å². The second-order valence-corrected chi connectivity index (χ2v) is 7.15. The molecule has 3 rings (SSSR count). The summed E-state index contributed by atoms with van der Waals surface area (Å²) in [5.41, 5.74) is 0.493. The third kappa shape index (κ3) is 2.75. The maximum atomic E-state index is 6.21. The third-order valence-electron chi connectivity index (χ3n) is 4.94. The predicted octanol–water partition coefficient (Wildman–Crippen LogP) is 2.23. The number of morpholine rings is 1. The van der Waals surface area contributed by atoms with Crippen LogP contribution in [0.1, 0.15) is 33.3 Å². The number of hydrogen-bond donors (Lipinski definition) is 0. The Morgan fingerprint density at radius 1 is 1.18 bits per heavy atom. The zero-order chi connectivity index (χ0) is 16.0. The van der Waals surface area contributed by atoms with E-state index in [9.17, 15) is 0 Å². The van der Waals surface area contributed by atoms with Crippen molar-refractivity contribution in [3.63, 3.8) is 0 Å². The minimum Gasteiger partial charge on any atom is -0.402 e. The molecule has 2 aliphatic heterocycles. The number of nitrogens with zero attached hydrogens (tertiary/aromatic N) is 2. The van der Waals surface area contributed by atoms with E-state index in [1.54, 1.807) is 0 Å². The first kappa shape index (κ1) is 15.8. The molecule has 120 valence electrons. The van der Waals surface area contributed by atoms with E-state index in [4.69, 9.17) is 14.0 Å². The summed E-state index contributed by atoms with van der Waals surface area (Å²) in [6.45, 7) is 12.4. The van der Waals surface area contributed by atoms with Crippen LogP contribution in [0.4, 0.5) is 5.82 Å². The maximum Gasteiger partial charge on any atom is 0.484 e. The molecule has 1 aromatic heterocycles. The highest BCUT2D eigenvalue weighted by molar-refractivity contribution is 6.48. The fraction of sp³-hybridized carbons (Fsp3) is 0.688. The number of anilines is 1. The van der Waals surface area contributed by atoms with Crippen molar-refractivity contribution in [1.29, 1.82) is 0 Å². The van der Waals surface area contributed by atoms with Gasteiger partial charge in [0, 0.05) is 12.7 Å². The molecule has 5 nitrogen and oxygen atoms in total. The van der Waals surface area contributed by atoms with Crippen LogP contribution in [0.25, 0.3) is 0 Å². The molecule has 0 aromatic carbocycles. The van der Waals surface area contributed by atoms with Crippen LogP contribution in [-0.2, 0) is 14.0 Å². The van der Waals surface area contributed by atoms with Gasteiger partial charge in [0.1, 0.15) is 5.82 Å². The summed E-state index contributed by atoms with van der Waals surface area (Å²) in [6.07, 6.45) is 1.89. The second-order valence-electron chi connectivity index (χ2n) is 7.15. The van der Waals surface area contributed by atoms with Crippen molar-refractivity contribution in [2.45, 2.75) is 51.8 Å². The molecule has 0 saturated carbocycles. The summed E-state index contributed by atoms with van der Waals surface area (Å²) in [5, 5.41) is 0. The average molecular weight is 304 g/mol. The Labute approximate surface area is 133 Å². The molecule has 0 N–H and O–H groups in total. The summed E-state index contributed by atoms with van der Waals surface area (Å²) in [4.78, 5) is 6.80. The monoisotopic (exact) mass is 304 g/mol. The second kappa shape index (κ2) is 5.51. The fourth-order valence-corrected chi connectivity index (χ4v) is 2.81. The number of aromatic nitrogens is 1. The zero-order valence-corrected chi connectivity index (χ0v) is 14.1. The SMILES string of the molecule is Cc1ccc(N2CCOCC2B2OC(C)(C)C(C)(C)O2)nc1. The van der Waals surface area contributed by atoms with Crippen LogP contribution in [-0.4, -0.2) is 49.0 Å². The van der Waals surface area contributed by atoms with Crippen molar-refractivity contribution in [3.05, 3.63) is 23.9 Å². The van der Waals surface area contributed by atoms with Crippen molar-refractivity contribution >= 4 is 12.9 Å². The molecule has 2 aliphatic rings. The summed E-state index contributed by atoms with van der Waals surface area (Å²) in [7, 11) is -0.312. The molecule has 0 amide bonds. The molecule has 2 saturated heterocycles. The Kier molecular flexibility index (Phi) is 3.95. The normalized spacial score (nSPS) is 27.2. The molecule has 0 radical (unpaired) electrons. The molecule has 3 heterocycles. The highest BCUT2D eigenvalue weighted by Crippen LogP contribution is 2.39. The van der Waals surface area contributed by atoms with Gasteiger partial charge >= 0.3 is 7.12 Å². The summed E-state index contributed by atoms with van der Waals surface area (Å²) in [5.74, 6) is 0.971. The number of ether oxygens (including phenoxy) is 1. The van der Waals surface area contributed by atoms with E-state index in [2.05, 4.69) is 49.7 Å². The lowest BCUT2D eigenvalue weighted by Gasteiger charge is -2.37. The van der Waals surface area contributed by atoms with E-state index in [1.165, 1.54) is 0 Å². The van der Waals surface area contributed by atoms with Gasteiger partial charge in [0.15, 0.2) is 0 Å². The quantitative estimate of drug-likeness (QED) is 0.784. The summed E-state index contributed by atoms with van der Waals surface area (Å²) >= 11 is 0. The standard InChI is InChI=1S/C16H25BN2O3/c1-12-6-7-14(18-10-12)19-8-9-20-11-13(19)17-21-15(2,3)16(4,5)22-17/h6-7,10,13H,8-9,11H2,1-5H3. The van der Waals surface area contributed by atoms with E-state index in [0.29, 0.717) is 13.2 Å². The van der Waals surface area contributed by atoms with Gasteiger partial charge in [-0.3, -0.25) is 0 Å². The first-order chi connectivity index (χ1) is 10.3. The smallest absolute Gasteiger partial charge is 0.402 e. The van der Waals surface area contributed by atoms with Crippen LogP contribution in [0, 0.1) is 6.92 Å². The van der Waals surface area contributed by atoms with Gasteiger partial charge in [-0.15, -0.1) is 0 Å². The Morgan fingerprint density at radius 2 is 1.86 bits per heavy atom. The molecule has 6 heteroatoms. The topological polar surface area (TPSA) is 43.8 Å². The molecular weight excluding hydrogens is 279 g/mol. The lowest BCUT2D eigenvalue weighted by molar-refractivity contribution is 0.00578. The van der Waals surface area contributed by atoms with Gasteiger partial charge in [0.25, 0.3) is 0 Å². The average Bonchev–Trinajstić information content (AvgIpc) is 2.68. The largest absolute Gasteiger partial charge is 0.484 e. The molecule has 0 aliphatic carbocycles. The van der Waals surface area contributed by atoms with Gasteiger partial charge in [0.2, 0.25) is 0 Å².